The average molecular weight is 430 g/mol. The Labute approximate surface area is 187 Å². The minimum atomic E-state index is -0.489. The van der Waals surface area contributed by atoms with Gasteiger partial charge in [-0.05, 0) is 43.4 Å². The largest absolute Gasteiger partial charge is 0.347 e. The van der Waals surface area contributed by atoms with Crippen molar-refractivity contribution in [2.75, 3.05) is 23.3 Å². The standard InChI is InChI=1S/C26H27N3O3/c1-16-11-17(2)25(18(3)12-16)28-23(30)14-27-26(32)20-13-24(31)29(15-20)22-10-6-8-19-7-4-5-9-21(19)22/h4-12,20H,13-15H2,1-3H3,(H,27,32)(H,28,30)/t20-/m1/s1. The third-order valence-electron chi connectivity index (χ3n) is 5.92. The Morgan fingerprint density at radius 3 is 2.44 bits per heavy atom. The van der Waals surface area contributed by atoms with E-state index in [0.717, 1.165) is 38.8 Å². The minimum absolute atomic E-state index is 0.0862. The molecule has 3 amide bonds. The number of amides is 3. The highest BCUT2D eigenvalue weighted by molar-refractivity contribution is 6.07. The second kappa shape index (κ2) is 8.83. The monoisotopic (exact) mass is 429 g/mol. The third kappa shape index (κ3) is 4.35. The van der Waals surface area contributed by atoms with E-state index in [1.807, 2.05) is 75.4 Å². The summed E-state index contributed by atoms with van der Waals surface area (Å²) in [5.74, 6) is -1.15. The number of carbonyl (C=O) groups is 3. The molecule has 1 fully saturated rings. The number of nitrogens with one attached hydrogen (secondary N) is 2. The second-order valence-electron chi connectivity index (χ2n) is 8.44. The molecule has 1 saturated heterocycles. The van der Waals surface area contributed by atoms with Crippen LogP contribution in [0.1, 0.15) is 23.1 Å². The Morgan fingerprint density at radius 1 is 1.00 bits per heavy atom. The number of rotatable bonds is 5. The van der Waals surface area contributed by atoms with Gasteiger partial charge >= 0.3 is 0 Å². The van der Waals surface area contributed by atoms with Crippen LogP contribution in [0.3, 0.4) is 0 Å². The molecule has 1 aliphatic heterocycles. The van der Waals surface area contributed by atoms with Gasteiger partial charge in [-0.3, -0.25) is 14.4 Å². The maximum absolute atomic E-state index is 12.7. The molecule has 0 aromatic heterocycles. The molecule has 164 valence electrons. The van der Waals surface area contributed by atoms with Crippen LogP contribution in [0.2, 0.25) is 0 Å². The van der Waals surface area contributed by atoms with Crippen LogP contribution in [0, 0.1) is 26.7 Å². The molecule has 4 rings (SSSR count). The highest BCUT2D eigenvalue weighted by atomic mass is 16.2. The lowest BCUT2D eigenvalue weighted by atomic mass is 10.1. The van der Waals surface area contributed by atoms with Gasteiger partial charge in [-0.1, -0.05) is 54.1 Å². The number of hydrogen-bond acceptors (Lipinski definition) is 3. The number of nitrogens with zero attached hydrogens (tertiary/aromatic N) is 1. The number of anilines is 2. The first-order valence-corrected chi connectivity index (χ1v) is 10.8. The van der Waals surface area contributed by atoms with Crippen LogP contribution < -0.4 is 15.5 Å². The number of fused-ring (bicyclic) bond motifs is 1. The van der Waals surface area contributed by atoms with E-state index in [4.69, 9.17) is 0 Å². The number of hydrogen-bond donors (Lipinski definition) is 2. The fourth-order valence-electron chi connectivity index (χ4n) is 4.43. The van der Waals surface area contributed by atoms with Crippen molar-refractivity contribution in [2.45, 2.75) is 27.2 Å². The molecule has 3 aromatic carbocycles. The second-order valence-corrected chi connectivity index (χ2v) is 8.44. The summed E-state index contributed by atoms with van der Waals surface area (Å²) in [7, 11) is 0. The highest BCUT2D eigenvalue weighted by Gasteiger charge is 2.35. The Morgan fingerprint density at radius 2 is 1.69 bits per heavy atom. The summed E-state index contributed by atoms with van der Waals surface area (Å²) in [6.45, 7) is 6.07. The molecule has 32 heavy (non-hydrogen) atoms. The molecule has 2 N–H and O–H groups in total. The van der Waals surface area contributed by atoms with Crippen LogP contribution in [-0.4, -0.2) is 30.8 Å². The van der Waals surface area contributed by atoms with Gasteiger partial charge in [-0.15, -0.1) is 0 Å². The molecule has 6 heteroatoms. The van der Waals surface area contributed by atoms with E-state index in [0.29, 0.717) is 6.54 Å². The maximum atomic E-state index is 12.7. The maximum Gasteiger partial charge on any atom is 0.243 e. The van der Waals surface area contributed by atoms with Gasteiger partial charge in [-0.2, -0.15) is 0 Å². The smallest absolute Gasteiger partial charge is 0.243 e. The lowest BCUT2D eigenvalue weighted by Crippen LogP contribution is -2.38. The summed E-state index contributed by atoms with van der Waals surface area (Å²) in [4.78, 5) is 39.5. The zero-order valence-corrected chi connectivity index (χ0v) is 18.6. The lowest BCUT2D eigenvalue weighted by Gasteiger charge is -2.19. The molecule has 0 radical (unpaired) electrons. The van der Waals surface area contributed by atoms with Crippen molar-refractivity contribution in [3.8, 4) is 0 Å². The van der Waals surface area contributed by atoms with Gasteiger partial charge in [0.2, 0.25) is 17.7 Å². The van der Waals surface area contributed by atoms with E-state index in [2.05, 4.69) is 10.6 Å². The van der Waals surface area contributed by atoms with E-state index in [-0.39, 0.29) is 30.7 Å². The quantitative estimate of drug-likeness (QED) is 0.646. The van der Waals surface area contributed by atoms with Crippen molar-refractivity contribution in [3.63, 3.8) is 0 Å². The highest BCUT2D eigenvalue weighted by Crippen LogP contribution is 2.31. The Bertz CT molecular complexity index is 1190. The SMILES string of the molecule is Cc1cc(C)c(NC(=O)CNC(=O)[C@@H]2CC(=O)N(c3cccc4ccccc34)C2)c(C)c1. The summed E-state index contributed by atoms with van der Waals surface area (Å²) in [5.41, 5.74) is 4.68. The van der Waals surface area contributed by atoms with Crippen LogP contribution in [0.4, 0.5) is 11.4 Å². The van der Waals surface area contributed by atoms with Crippen molar-refractivity contribution >= 4 is 39.9 Å². The zero-order chi connectivity index (χ0) is 22.8. The van der Waals surface area contributed by atoms with Gasteiger partial charge in [0.1, 0.15) is 0 Å². The third-order valence-corrected chi connectivity index (χ3v) is 5.92. The van der Waals surface area contributed by atoms with Crippen molar-refractivity contribution in [1.29, 1.82) is 0 Å². The van der Waals surface area contributed by atoms with Crippen LogP contribution in [-0.2, 0) is 14.4 Å². The predicted molar refractivity (Wildman–Crippen MR) is 127 cm³/mol. The summed E-state index contributed by atoms with van der Waals surface area (Å²) in [5, 5.41) is 7.60. The molecule has 1 heterocycles. The van der Waals surface area contributed by atoms with E-state index in [1.165, 1.54) is 0 Å². The lowest BCUT2D eigenvalue weighted by molar-refractivity contribution is -0.127. The van der Waals surface area contributed by atoms with Gasteiger partial charge < -0.3 is 15.5 Å². The molecule has 1 atom stereocenters. The van der Waals surface area contributed by atoms with E-state index < -0.39 is 5.92 Å². The van der Waals surface area contributed by atoms with E-state index in [1.54, 1.807) is 4.90 Å². The first kappa shape index (κ1) is 21.6. The molecular formula is C26H27N3O3. The Kier molecular flexibility index (Phi) is 5.95. The van der Waals surface area contributed by atoms with E-state index >= 15 is 0 Å². The summed E-state index contributed by atoms with van der Waals surface area (Å²) in [6, 6.07) is 17.7. The van der Waals surface area contributed by atoms with Crippen LogP contribution in [0.25, 0.3) is 10.8 Å². The minimum Gasteiger partial charge on any atom is -0.347 e. The predicted octanol–water partition coefficient (Wildman–Crippen LogP) is 3.87. The first-order chi connectivity index (χ1) is 15.3. The molecule has 6 nitrogen and oxygen atoms in total. The van der Waals surface area contributed by atoms with Crippen molar-refractivity contribution in [2.24, 2.45) is 5.92 Å². The number of carbonyl (C=O) groups excluding carboxylic acids is 3. The normalized spacial score (nSPS) is 15.8. The van der Waals surface area contributed by atoms with Crippen LogP contribution >= 0.6 is 0 Å². The number of benzene rings is 3. The average Bonchev–Trinajstić information content (AvgIpc) is 3.15. The molecule has 0 bridgehead atoms. The molecule has 0 saturated carbocycles. The van der Waals surface area contributed by atoms with Crippen molar-refractivity contribution in [1.82, 2.24) is 5.32 Å². The van der Waals surface area contributed by atoms with Crippen molar-refractivity contribution in [3.05, 3.63) is 71.3 Å². The van der Waals surface area contributed by atoms with E-state index in [9.17, 15) is 14.4 Å². The summed E-state index contributed by atoms with van der Waals surface area (Å²) < 4.78 is 0. The molecule has 3 aromatic rings. The molecule has 0 spiro atoms. The fourth-order valence-corrected chi connectivity index (χ4v) is 4.43. The molecule has 1 aliphatic rings. The summed E-state index contributed by atoms with van der Waals surface area (Å²) >= 11 is 0. The van der Waals surface area contributed by atoms with Gasteiger partial charge in [0.15, 0.2) is 0 Å². The molecule has 0 unspecified atom stereocenters. The molecular weight excluding hydrogens is 402 g/mol. The van der Waals surface area contributed by atoms with Gasteiger partial charge in [0, 0.05) is 24.0 Å². The zero-order valence-electron chi connectivity index (χ0n) is 18.6. The first-order valence-electron chi connectivity index (χ1n) is 10.8. The fraction of sp³-hybridized carbons (Fsp3) is 0.269. The number of aryl methyl sites for hydroxylation is 3. The van der Waals surface area contributed by atoms with Gasteiger partial charge in [-0.25, -0.2) is 0 Å². The topological polar surface area (TPSA) is 78.5 Å². The van der Waals surface area contributed by atoms with Crippen molar-refractivity contribution < 1.29 is 14.4 Å². The van der Waals surface area contributed by atoms with Crippen LogP contribution in [0.15, 0.2) is 54.6 Å². The summed E-state index contributed by atoms with van der Waals surface area (Å²) in [6.07, 6.45) is 0.132. The van der Waals surface area contributed by atoms with Crippen LogP contribution in [0.5, 0.6) is 0 Å². The Hall–Kier alpha value is -3.67. The van der Waals surface area contributed by atoms with Gasteiger partial charge in [0.25, 0.3) is 0 Å². The Balaban J connectivity index is 1.39. The molecule has 0 aliphatic carbocycles. The van der Waals surface area contributed by atoms with Gasteiger partial charge in [0.05, 0.1) is 18.2 Å².